The van der Waals surface area contributed by atoms with Gasteiger partial charge in [-0.25, -0.2) is 4.79 Å². The minimum absolute atomic E-state index is 0.0441. The second kappa shape index (κ2) is 8.89. The van der Waals surface area contributed by atoms with Gasteiger partial charge in [-0.05, 0) is 58.3 Å². The number of carboxylic acids is 1. The fourth-order valence-corrected chi connectivity index (χ4v) is 3.63. The molecule has 0 aliphatic heterocycles. The number of carboxylic acid groups (broad SMARTS) is 1. The molecule has 0 heterocycles. The van der Waals surface area contributed by atoms with E-state index in [4.69, 9.17) is 9.84 Å². The molecule has 0 bridgehead atoms. The van der Waals surface area contributed by atoms with E-state index in [-0.39, 0.29) is 35.9 Å². The highest BCUT2D eigenvalue weighted by Gasteiger charge is 2.29. The highest BCUT2D eigenvalue weighted by atomic mass is 16.5. The van der Waals surface area contributed by atoms with Gasteiger partial charge in [-0.1, -0.05) is 0 Å². The molecule has 2 rings (SSSR count). The predicted octanol–water partition coefficient (Wildman–Crippen LogP) is 2.05. The molecule has 2 aliphatic carbocycles. The van der Waals surface area contributed by atoms with E-state index in [0.717, 1.165) is 25.7 Å². The lowest BCUT2D eigenvalue weighted by Gasteiger charge is -2.30. The van der Waals surface area contributed by atoms with E-state index >= 15 is 0 Å². The molecule has 0 atom stereocenters. The number of esters is 1. The summed E-state index contributed by atoms with van der Waals surface area (Å²) in [4.78, 5) is 34.7. The Hall–Kier alpha value is -1.79. The molecule has 2 saturated carbocycles. The van der Waals surface area contributed by atoms with Gasteiger partial charge in [0.15, 0.2) is 0 Å². The van der Waals surface area contributed by atoms with Crippen LogP contribution in [0, 0.1) is 11.8 Å². The minimum atomic E-state index is -0.740. The number of nitrogens with one attached hydrogen (secondary N) is 2. The summed E-state index contributed by atoms with van der Waals surface area (Å²) in [5, 5.41) is 14.9. The van der Waals surface area contributed by atoms with Gasteiger partial charge in [0.25, 0.3) is 0 Å². The van der Waals surface area contributed by atoms with Gasteiger partial charge in [0.05, 0.1) is 18.4 Å². The van der Waals surface area contributed by atoms with E-state index < -0.39 is 5.97 Å². The van der Waals surface area contributed by atoms with Crippen LogP contribution in [0.2, 0.25) is 0 Å². The lowest BCUT2D eigenvalue weighted by Crippen LogP contribution is -2.48. The normalized spacial score (nSPS) is 30.2. The van der Waals surface area contributed by atoms with Gasteiger partial charge in [-0.3, -0.25) is 9.59 Å². The highest BCUT2D eigenvalue weighted by molar-refractivity contribution is 5.75. The molecular weight excluding hydrogens is 312 g/mol. The van der Waals surface area contributed by atoms with Crippen molar-refractivity contribution >= 4 is 18.0 Å². The Morgan fingerprint density at radius 2 is 1.33 bits per heavy atom. The third kappa shape index (κ3) is 5.39. The Morgan fingerprint density at radius 1 is 0.875 bits per heavy atom. The molecule has 0 aromatic rings. The molecule has 0 radical (unpaired) electrons. The van der Waals surface area contributed by atoms with Crippen LogP contribution in [0.25, 0.3) is 0 Å². The van der Waals surface area contributed by atoms with E-state index in [1.54, 1.807) is 6.92 Å². The van der Waals surface area contributed by atoms with Crippen LogP contribution in [0.1, 0.15) is 58.3 Å². The molecule has 2 aliphatic rings. The van der Waals surface area contributed by atoms with Gasteiger partial charge in [0.1, 0.15) is 0 Å². The number of urea groups is 1. The molecule has 0 unspecified atom stereocenters. The second-order valence-electron chi connectivity index (χ2n) is 6.81. The first-order valence-corrected chi connectivity index (χ1v) is 8.96. The molecule has 136 valence electrons. The van der Waals surface area contributed by atoms with Crippen LogP contribution >= 0.6 is 0 Å². The number of aliphatic carboxylic acids is 1. The summed E-state index contributed by atoms with van der Waals surface area (Å²) in [6.45, 7) is 2.21. The summed E-state index contributed by atoms with van der Waals surface area (Å²) >= 11 is 0. The topological polar surface area (TPSA) is 105 Å². The van der Waals surface area contributed by atoms with Crippen molar-refractivity contribution in [1.29, 1.82) is 0 Å². The number of rotatable bonds is 5. The van der Waals surface area contributed by atoms with Crippen molar-refractivity contribution in [2.45, 2.75) is 70.4 Å². The third-order valence-electron chi connectivity index (χ3n) is 5.09. The molecule has 2 amide bonds. The quantitative estimate of drug-likeness (QED) is 0.664. The second-order valence-corrected chi connectivity index (χ2v) is 6.81. The van der Waals surface area contributed by atoms with Crippen molar-refractivity contribution in [2.75, 3.05) is 6.61 Å². The number of carbonyl (C=O) groups excluding carboxylic acids is 2. The number of hydrogen-bond donors (Lipinski definition) is 3. The van der Waals surface area contributed by atoms with Gasteiger partial charge in [0, 0.05) is 12.1 Å². The van der Waals surface area contributed by atoms with Crippen LogP contribution in [0.3, 0.4) is 0 Å². The zero-order chi connectivity index (χ0) is 17.5. The summed E-state index contributed by atoms with van der Waals surface area (Å²) in [5.74, 6) is -1.19. The summed E-state index contributed by atoms with van der Waals surface area (Å²) in [6.07, 6.45) is 5.70. The standard InChI is InChI=1S/C17H28N2O5/c1-2-24-16(22)12-5-9-14(10-6-12)19-17(23)18-13-7-3-11(4-8-13)15(20)21/h11-14H,2-10H2,1H3,(H,20,21)(H2,18,19,23). The van der Waals surface area contributed by atoms with Crippen LogP contribution in [-0.4, -0.2) is 41.8 Å². The monoisotopic (exact) mass is 340 g/mol. The number of ether oxygens (including phenoxy) is 1. The van der Waals surface area contributed by atoms with Gasteiger partial charge >= 0.3 is 18.0 Å². The average molecular weight is 340 g/mol. The van der Waals surface area contributed by atoms with E-state index in [1.165, 1.54) is 0 Å². The third-order valence-corrected chi connectivity index (χ3v) is 5.09. The molecule has 0 aromatic heterocycles. The van der Waals surface area contributed by atoms with E-state index in [1.807, 2.05) is 0 Å². The molecule has 7 nitrogen and oxygen atoms in total. The van der Waals surface area contributed by atoms with Gasteiger partial charge in [-0.2, -0.15) is 0 Å². The highest BCUT2D eigenvalue weighted by Crippen LogP contribution is 2.26. The van der Waals surface area contributed by atoms with E-state index in [0.29, 0.717) is 32.3 Å². The molecule has 0 spiro atoms. The van der Waals surface area contributed by atoms with Crippen LogP contribution in [0.5, 0.6) is 0 Å². The predicted molar refractivity (Wildman–Crippen MR) is 87.4 cm³/mol. The maximum atomic E-state index is 12.1. The summed E-state index contributed by atoms with van der Waals surface area (Å²) in [7, 11) is 0. The van der Waals surface area contributed by atoms with Crippen LogP contribution < -0.4 is 10.6 Å². The van der Waals surface area contributed by atoms with Crippen LogP contribution in [0.4, 0.5) is 4.79 Å². The van der Waals surface area contributed by atoms with Crippen molar-refractivity contribution in [3.8, 4) is 0 Å². The van der Waals surface area contributed by atoms with Crippen molar-refractivity contribution < 1.29 is 24.2 Å². The Balaban J connectivity index is 1.65. The Kier molecular flexibility index (Phi) is 6.87. The SMILES string of the molecule is CCOC(=O)C1CCC(NC(=O)NC2CCC(C(=O)O)CC2)CC1. The first-order valence-electron chi connectivity index (χ1n) is 8.96. The summed E-state index contributed by atoms with van der Waals surface area (Å²) < 4.78 is 5.04. The smallest absolute Gasteiger partial charge is 0.315 e. The number of carbonyl (C=O) groups is 3. The Bertz CT molecular complexity index is 452. The van der Waals surface area contributed by atoms with E-state index in [9.17, 15) is 14.4 Å². The van der Waals surface area contributed by atoms with Crippen LogP contribution in [-0.2, 0) is 14.3 Å². The lowest BCUT2D eigenvalue weighted by molar-refractivity contribution is -0.149. The van der Waals surface area contributed by atoms with Crippen molar-refractivity contribution in [3.05, 3.63) is 0 Å². The fourth-order valence-electron chi connectivity index (χ4n) is 3.63. The molecule has 3 N–H and O–H groups in total. The lowest BCUT2D eigenvalue weighted by atomic mass is 9.85. The van der Waals surface area contributed by atoms with Crippen molar-refractivity contribution in [3.63, 3.8) is 0 Å². The zero-order valence-corrected chi connectivity index (χ0v) is 14.3. The molecule has 0 saturated heterocycles. The Labute approximate surface area is 142 Å². The van der Waals surface area contributed by atoms with E-state index in [2.05, 4.69) is 10.6 Å². The number of hydrogen-bond acceptors (Lipinski definition) is 4. The molecule has 2 fully saturated rings. The summed E-state index contributed by atoms with van der Waals surface area (Å²) in [5.41, 5.74) is 0. The van der Waals surface area contributed by atoms with Crippen molar-refractivity contribution in [2.24, 2.45) is 11.8 Å². The largest absolute Gasteiger partial charge is 0.481 e. The fraction of sp³-hybridized carbons (Fsp3) is 0.824. The van der Waals surface area contributed by atoms with Crippen molar-refractivity contribution in [1.82, 2.24) is 10.6 Å². The minimum Gasteiger partial charge on any atom is -0.481 e. The molecular formula is C17H28N2O5. The average Bonchev–Trinajstić information content (AvgIpc) is 2.56. The molecule has 0 aromatic carbocycles. The number of amides is 2. The molecule has 7 heteroatoms. The Morgan fingerprint density at radius 3 is 1.75 bits per heavy atom. The summed E-state index contributed by atoms with van der Waals surface area (Å²) in [6, 6.07) is -0.0455. The first-order chi connectivity index (χ1) is 11.5. The van der Waals surface area contributed by atoms with Gasteiger partial charge in [0.2, 0.25) is 0 Å². The molecule has 24 heavy (non-hydrogen) atoms. The zero-order valence-electron chi connectivity index (χ0n) is 14.3. The van der Waals surface area contributed by atoms with Crippen LogP contribution in [0.15, 0.2) is 0 Å². The first kappa shape index (κ1) is 18.5. The van der Waals surface area contributed by atoms with Gasteiger partial charge in [-0.15, -0.1) is 0 Å². The maximum absolute atomic E-state index is 12.1. The maximum Gasteiger partial charge on any atom is 0.315 e. The van der Waals surface area contributed by atoms with Gasteiger partial charge < -0.3 is 20.5 Å².